The minimum Gasteiger partial charge on any atom is -0.462 e. The zero-order valence-corrected chi connectivity index (χ0v) is 11.5. The maximum absolute atomic E-state index is 11.7. The topological polar surface area (TPSA) is 41.6 Å². The molecule has 100 valence electrons. The molecule has 1 fully saturated rings. The lowest BCUT2D eigenvalue weighted by Crippen LogP contribution is -2.44. The number of esters is 1. The Morgan fingerprint density at radius 3 is 2.59 bits per heavy atom. The van der Waals surface area contributed by atoms with E-state index in [0.717, 1.165) is 13.1 Å². The molecule has 0 amide bonds. The van der Waals surface area contributed by atoms with Crippen molar-refractivity contribution in [2.75, 3.05) is 19.6 Å². The molecular formula is C13H26N2O2. The van der Waals surface area contributed by atoms with Crippen LogP contribution in [0.4, 0.5) is 0 Å². The van der Waals surface area contributed by atoms with Crippen LogP contribution < -0.4 is 5.32 Å². The monoisotopic (exact) mass is 242 g/mol. The van der Waals surface area contributed by atoms with E-state index in [4.69, 9.17) is 4.74 Å². The molecule has 1 unspecified atom stereocenters. The number of nitrogens with one attached hydrogen (secondary N) is 1. The summed E-state index contributed by atoms with van der Waals surface area (Å²) in [6.07, 6.45) is 2.43. The smallest absolute Gasteiger partial charge is 0.320 e. The van der Waals surface area contributed by atoms with E-state index < -0.39 is 0 Å². The van der Waals surface area contributed by atoms with Gasteiger partial charge in [-0.15, -0.1) is 0 Å². The predicted octanol–water partition coefficient (Wildman–Crippen LogP) is 1.40. The number of rotatable bonds is 6. The van der Waals surface area contributed by atoms with Crippen LogP contribution in [0, 0.1) is 0 Å². The lowest BCUT2D eigenvalue weighted by atomic mass is 10.2. The molecule has 0 aromatic carbocycles. The molecule has 0 saturated carbocycles. The summed E-state index contributed by atoms with van der Waals surface area (Å²) < 4.78 is 5.19. The van der Waals surface area contributed by atoms with E-state index in [2.05, 4.69) is 24.1 Å². The summed E-state index contributed by atoms with van der Waals surface area (Å²) in [5.41, 5.74) is 0. The molecule has 1 atom stereocenters. The Morgan fingerprint density at radius 1 is 1.41 bits per heavy atom. The lowest BCUT2D eigenvalue weighted by Gasteiger charge is -2.28. The van der Waals surface area contributed by atoms with Crippen molar-refractivity contribution in [2.45, 2.75) is 58.7 Å². The summed E-state index contributed by atoms with van der Waals surface area (Å²) in [4.78, 5) is 13.8. The van der Waals surface area contributed by atoms with Gasteiger partial charge in [0.25, 0.3) is 0 Å². The van der Waals surface area contributed by atoms with E-state index >= 15 is 0 Å². The average molecular weight is 242 g/mol. The van der Waals surface area contributed by atoms with Crippen molar-refractivity contribution < 1.29 is 9.53 Å². The molecule has 1 heterocycles. The van der Waals surface area contributed by atoms with Crippen molar-refractivity contribution in [3.63, 3.8) is 0 Å². The van der Waals surface area contributed by atoms with Gasteiger partial charge in [0.05, 0.1) is 12.6 Å². The first-order chi connectivity index (χ1) is 7.99. The molecule has 17 heavy (non-hydrogen) atoms. The van der Waals surface area contributed by atoms with Gasteiger partial charge < -0.3 is 10.1 Å². The number of hydrogen-bond acceptors (Lipinski definition) is 4. The van der Waals surface area contributed by atoms with Gasteiger partial charge in [0, 0.05) is 18.6 Å². The Kier molecular flexibility index (Phi) is 5.92. The summed E-state index contributed by atoms with van der Waals surface area (Å²) in [5.74, 6) is -0.119. The van der Waals surface area contributed by atoms with E-state index in [1.165, 1.54) is 12.8 Å². The zero-order valence-electron chi connectivity index (χ0n) is 11.5. The van der Waals surface area contributed by atoms with Crippen molar-refractivity contribution >= 4 is 5.97 Å². The molecule has 0 bridgehead atoms. The molecule has 0 aromatic heterocycles. The zero-order chi connectivity index (χ0) is 12.8. The van der Waals surface area contributed by atoms with E-state index in [0.29, 0.717) is 18.6 Å². The summed E-state index contributed by atoms with van der Waals surface area (Å²) >= 11 is 0. The SMILES string of the molecule is CC(C)OC(=O)CN(CC1CCCN1)C(C)C. The van der Waals surface area contributed by atoms with Gasteiger partial charge in [0.1, 0.15) is 0 Å². The van der Waals surface area contributed by atoms with Crippen molar-refractivity contribution in [3.05, 3.63) is 0 Å². The van der Waals surface area contributed by atoms with Crippen molar-refractivity contribution in [1.29, 1.82) is 0 Å². The molecule has 1 aliphatic heterocycles. The van der Waals surface area contributed by atoms with Crippen LogP contribution in [0.1, 0.15) is 40.5 Å². The van der Waals surface area contributed by atoms with E-state index in [-0.39, 0.29) is 12.1 Å². The van der Waals surface area contributed by atoms with Crippen LogP contribution in [-0.2, 0) is 9.53 Å². The highest BCUT2D eigenvalue weighted by atomic mass is 16.5. The Bertz CT molecular complexity index is 236. The molecule has 1 N–H and O–H groups in total. The van der Waals surface area contributed by atoms with Crippen LogP contribution in [0.25, 0.3) is 0 Å². The molecule has 4 heteroatoms. The van der Waals surface area contributed by atoms with E-state index in [1.54, 1.807) is 0 Å². The van der Waals surface area contributed by atoms with Crippen molar-refractivity contribution in [1.82, 2.24) is 10.2 Å². The van der Waals surface area contributed by atoms with Gasteiger partial charge >= 0.3 is 5.97 Å². The minimum atomic E-state index is -0.119. The minimum absolute atomic E-state index is 0.0267. The lowest BCUT2D eigenvalue weighted by molar-refractivity contribution is -0.149. The molecule has 1 rings (SSSR count). The summed E-state index contributed by atoms with van der Waals surface area (Å²) in [6.45, 7) is 10.5. The van der Waals surface area contributed by atoms with Crippen LogP contribution in [0.5, 0.6) is 0 Å². The first-order valence-corrected chi connectivity index (χ1v) is 6.66. The summed E-state index contributed by atoms with van der Waals surface area (Å²) in [5, 5.41) is 3.46. The number of nitrogens with zero attached hydrogens (tertiary/aromatic N) is 1. The highest BCUT2D eigenvalue weighted by molar-refractivity contribution is 5.71. The summed E-state index contributed by atoms with van der Waals surface area (Å²) in [6, 6.07) is 0.904. The summed E-state index contributed by atoms with van der Waals surface area (Å²) in [7, 11) is 0. The largest absolute Gasteiger partial charge is 0.462 e. The maximum atomic E-state index is 11.7. The van der Waals surface area contributed by atoms with E-state index in [1.807, 2.05) is 13.8 Å². The predicted molar refractivity (Wildman–Crippen MR) is 69.0 cm³/mol. The number of hydrogen-bond donors (Lipinski definition) is 1. The van der Waals surface area contributed by atoms with Gasteiger partial charge in [-0.1, -0.05) is 0 Å². The fourth-order valence-corrected chi connectivity index (χ4v) is 2.12. The van der Waals surface area contributed by atoms with Crippen LogP contribution in [0.15, 0.2) is 0 Å². The fraction of sp³-hybridized carbons (Fsp3) is 0.923. The number of carbonyl (C=O) groups is 1. The first kappa shape index (κ1) is 14.5. The van der Waals surface area contributed by atoms with Crippen LogP contribution in [0.3, 0.4) is 0 Å². The van der Waals surface area contributed by atoms with E-state index in [9.17, 15) is 4.79 Å². The van der Waals surface area contributed by atoms with Crippen molar-refractivity contribution in [3.8, 4) is 0 Å². The molecule has 0 radical (unpaired) electrons. The van der Waals surface area contributed by atoms with Gasteiger partial charge in [-0.25, -0.2) is 0 Å². The third-order valence-electron chi connectivity index (χ3n) is 3.05. The average Bonchev–Trinajstić information content (AvgIpc) is 2.67. The molecule has 1 saturated heterocycles. The number of ether oxygens (including phenoxy) is 1. The van der Waals surface area contributed by atoms with Crippen molar-refractivity contribution in [2.24, 2.45) is 0 Å². The second-order valence-corrected chi connectivity index (χ2v) is 5.36. The highest BCUT2D eigenvalue weighted by Crippen LogP contribution is 2.09. The second kappa shape index (κ2) is 6.97. The third kappa shape index (κ3) is 5.50. The number of carbonyl (C=O) groups excluding carboxylic acids is 1. The third-order valence-corrected chi connectivity index (χ3v) is 3.05. The Morgan fingerprint density at radius 2 is 2.12 bits per heavy atom. The Labute approximate surface area is 105 Å². The van der Waals surface area contributed by atoms with Crippen LogP contribution in [-0.4, -0.2) is 48.7 Å². The second-order valence-electron chi connectivity index (χ2n) is 5.36. The molecular weight excluding hydrogens is 216 g/mol. The molecule has 0 aliphatic carbocycles. The van der Waals surface area contributed by atoms with Crippen LogP contribution in [0.2, 0.25) is 0 Å². The maximum Gasteiger partial charge on any atom is 0.320 e. The first-order valence-electron chi connectivity index (χ1n) is 6.66. The Hall–Kier alpha value is -0.610. The van der Waals surface area contributed by atoms with Gasteiger partial charge in [-0.2, -0.15) is 0 Å². The van der Waals surface area contributed by atoms with Gasteiger partial charge in [0.2, 0.25) is 0 Å². The highest BCUT2D eigenvalue weighted by Gasteiger charge is 2.22. The van der Waals surface area contributed by atoms with Crippen LogP contribution >= 0.6 is 0 Å². The van der Waals surface area contributed by atoms with Gasteiger partial charge in [-0.3, -0.25) is 9.69 Å². The van der Waals surface area contributed by atoms with Gasteiger partial charge in [-0.05, 0) is 47.1 Å². The Balaban J connectivity index is 2.39. The molecule has 0 spiro atoms. The normalized spacial score (nSPS) is 20.5. The standard InChI is InChI=1S/C13H26N2O2/c1-10(2)15(8-12-6-5-7-14-12)9-13(16)17-11(3)4/h10-12,14H,5-9H2,1-4H3. The van der Waals surface area contributed by atoms with Gasteiger partial charge in [0.15, 0.2) is 0 Å². The molecule has 0 aromatic rings. The fourth-order valence-electron chi connectivity index (χ4n) is 2.12. The molecule has 1 aliphatic rings. The quantitative estimate of drug-likeness (QED) is 0.715. The molecule has 4 nitrogen and oxygen atoms in total.